The molecule has 1 aromatic rings. The molecule has 20 heavy (non-hydrogen) atoms. The van der Waals surface area contributed by atoms with Crippen molar-refractivity contribution in [2.24, 2.45) is 5.92 Å². The van der Waals surface area contributed by atoms with Gasteiger partial charge in [0.05, 0.1) is 12.2 Å². The fourth-order valence-corrected chi connectivity index (χ4v) is 1.42. The quantitative estimate of drug-likeness (QED) is 0.749. The van der Waals surface area contributed by atoms with Crippen molar-refractivity contribution in [3.63, 3.8) is 0 Å². The number of carbonyl (C=O) groups excluding carboxylic acids is 2. The van der Waals surface area contributed by atoms with Crippen LogP contribution in [0.5, 0.6) is 0 Å². The van der Waals surface area contributed by atoms with Crippen molar-refractivity contribution in [1.82, 2.24) is 0 Å². The number of hydrogen-bond acceptors (Lipinski definition) is 5. The van der Waals surface area contributed by atoms with E-state index in [0.29, 0.717) is 5.56 Å². The molecule has 5 nitrogen and oxygen atoms in total. The summed E-state index contributed by atoms with van der Waals surface area (Å²) < 4.78 is 14.9. The largest absolute Gasteiger partial charge is 0.508 e. The Hall–Kier alpha value is -2.04. The van der Waals surface area contributed by atoms with Crippen LogP contribution in [0.15, 0.2) is 30.3 Å². The molecule has 0 N–H and O–H groups in total. The second-order valence-electron chi connectivity index (χ2n) is 4.45. The third-order valence-electron chi connectivity index (χ3n) is 2.83. The lowest BCUT2D eigenvalue weighted by Gasteiger charge is -2.20. The van der Waals surface area contributed by atoms with Gasteiger partial charge in [-0.05, 0) is 26.0 Å². The summed E-state index contributed by atoms with van der Waals surface area (Å²) in [4.78, 5) is 22.9. The number of benzene rings is 1. The van der Waals surface area contributed by atoms with Gasteiger partial charge in [0.2, 0.25) is 0 Å². The Morgan fingerprint density at radius 2 is 1.75 bits per heavy atom. The lowest BCUT2D eigenvalue weighted by atomic mass is 10.1. The smallest absolute Gasteiger partial charge is 0.459 e. The average Bonchev–Trinajstić information content (AvgIpc) is 2.45. The van der Waals surface area contributed by atoms with E-state index in [1.54, 1.807) is 38.1 Å². The third kappa shape index (κ3) is 5.30. The van der Waals surface area contributed by atoms with Crippen molar-refractivity contribution in [3.05, 3.63) is 35.9 Å². The summed E-state index contributed by atoms with van der Waals surface area (Å²) in [5.74, 6) is -0.506. The number of hydrogen-bond donors (Lipinski definition) is 0. The molecule has 0 amide bonds. The molecule has 5 heteroatoms. The molecular weight excluding hydrogens is 260 g/mol. The molecule has 0 aromatic heterocycles. The summed E-state index contributed by atoms with van der Waals surface area (Å²) in [5.41, 5.74) is 0.498. The van der Waals surface area contributed by atoms with Crippen LogP contribution in [0.2, 0.25) is 0 Å². The molecule has 0 aliphatic carbocycles. The molecule has 0 aliphatic rings. The second kappa shape index (κ2) is 8.19. The van der Waals surface area contributed by atoms with Crippen LogP contribution in [0.3, 0.4) is 0 Å². The summed E-state index contributed by atoms with van der Waals surface area (Å²) in [6.45, 7) is 5.71. The van der Waals surface area contributed by atoms with Crippen LogP contribution in [0.1, 0.15) is 31.1 Å². The molecule has 0 saturated carbocycles. The normalized spacial score (nSPS) is 13.2. The lowest BCUT2D eigenvalue weighted by molar-refractivity contribution is 0.00162. The number of carbonyl (C=O) groups is 2. The first-order valence-electron chi connectivity index (χ1n) is 6.60. The molecule has 0 saturated heterocycles. The summed E-state index contributed by atoms with van der Waals surface area (Å²) in [6, 6.07) is 8.75. The van der Waals surface area contributed by atoms with Crippen molar-refractivity contribution in [3.8, 4) is 0 Å². The number of esters is 1. The van der Waals surface area contributed by atoms with Gasteiger partial charge >= 0.3 is 12.1 Å². The summed E-state index contributed by atoms with van der Waals surface area (Å²) in [5, 5.41) is 0. The zero-order valence-electron chi connectivity index (χ0n) is 12.0. The highest BCUT2D eigenvalue weighted by Gasteiger charge is 2.19. The molecular formula is C15H20O5. The molecule has 0 radical (unpaired) electrons. The number of rotatable bonds is 6. The third-order valence-corrected chi connectivity index (χ3v) is 2.83. The number of ether oxygens (including phenoxy) is 3. The Kier molecular flexibility index (Phi) is 6.56. The Labute approximate surface area is 118 Å². The Bertz CT molecular complexity index is 429. The van der Waals surface area contributed by atoms with E-state index in [2.05, 4.69) is 4.74 Å². The highest BCUT2D eigenvalue weighted by molar-refractivity contribution is 5.89. The minimum atomic E-state index is -0.707. The van der Waals surface area contributed by atoms with Crippen LogP contribution < -0.4 is 0 Å². The minimum absolute atomic E-state index is 0.118. The van der Waals surface area contributed by atoms with Crippen molar-refractivity contribution in [2.45, 2.75) is 26.9 Å². The summed E-state index contributed by atoms with van der Waals surface area (Å²) in [7, 11) is 0. The van der Waals surface area contributed by atoms with Crippen LogP contribution in [0.25, 0.3) is 0 Å². The molecule has 0 heterocycles. The predicted octanol–water partition coefficient (Wildman–Crippen LogP) is 3.04. The van der Waals surface area contributed by atoms with Crippen LogP contribution in [0.4, 0.5) is 4.79 Å². The van der Waals surface area contributed by atoms with Crippen molar-refractivity contribution < 1.29 is 23.8 Å². The first kappa shape index (κ1) is 16.0. The van der Waals surface area contributed by atoms with Gasteiger partial charge in [0.15, 0.2) is 0 Å². The first-order valence-corrected chi connectivity index (χ1v) is 6.60. The molecule has 0 aliphatic heterocycles. The Balaban J connectivity index is 2.40. The predicted molar refractivity (Wildman–Crippen MR) is 73.5 cm³/mol. The van der Waals surface area contributed by atoms with Gasteiger partial charge < -0.3 is 14.2 Å². The molecule has 0 bridgehead atoms. The van der Waals surface area contributed by atoms with Crippen molar-refractivity contribution in [1.29, 1.82) is 0 Å². The van der Waals surface area contributed by atoms with Gasteiger partial charge in [-0.25, -0.2) is 9.59 Å². The van der Waals surface area contributed by atoms with E-state index in [4.69, 9.17) is 9.47 Å². The molecule has 1 aromatic carbocycles. The van der Waals surface area contributed by atoms with E-state index in [9.17, 15) is 9.59 Å². The zero-order chi connectivity index (χ0) is 15.0. The topological polar surface area (TPSA) is 61.8 Å². The van der Waals surface area contributed by atoms with E-state index in [1.165, 1.54) is 0 Å². The zero-order valence-corrected chi connectivity index (χ0v) is 12.0. The molecule has 110 valence electrons. The summed E-state index contributed by atoms with van der Waals surface area (Å²) in [6.07, 6.45) is -1.07. The maximum absolute atomic E-state index is 11.8. The fourth-order valence-electron chi connectivity index (χ4n) is 1.42. The van der Waals surface area contributed by atoms with Crippen LogP contribution in [0, 0.1) is 5.92 Å². The van der Waals surface area contributed by atoms with Crippen LogP contribution >= 0.6 is 0 Å². The van der Waals surface area contributed by atoms with Crippen LogP contribution in [-0.4, -0.2) is 31.4 Å². The molecule has 1 rings (SSSR count). The fraction of sp³-hybridized carbons (Fsp3) is 0.467. The van der Waals surface area contributed by atoms with Gasteiger partial charge in [-0.2, -0.15) is 0 Å². The average molecular weight is 280 g/mol. The maximum atomic E-state index is 11.8. The van der Waals surface area contributed by atoms with E-state index >= 15 is 0 Å². The van der Waals surface area contributed by atoms with Gasteiger partial charge in [0.25, 0.3) is 0 Å². The van der Waals surface area contributed by atoms with Crippen molar-refractivity contribution >= 4 is 12.1 Å². The van der Waals surface area contributed by atoms with E-state index in [0.717, 1.165) is 0 Å². The van der Waals surface area contributed by atoms with E-state index in [1.807, 2.05) is 13.0 Å². The van der Waals surface area contributed by atoms with Gasteiger partial charge in [-0.1, -0.05) is 25.1 Å². The Morgan fingerprint density at radius 3 is 2.35 bits per heavy atom. The van der Waals surface area contributed by atoms with E-state index < -0.39 is 6.16 Å². The highest BCUT2D eigenvalue weighted by atomic mass is 16.7. The molecule has 0 fully saturated rings. The van der Waals surface area contributed by atoms with Gasteiger partial charge in [0.1, 0.15) is 12.7 Å². The van der Waals surface area contributed by atoms with Crippen LogP contribution in [-0.2, 0) is 14.2 Å². The lowest BCUT2D eigenvalue weighted by Crippen LogP contribution is -2.26. The monoisotopic (exact) mass is 280 g/mol. The van der Waals surface area contributed by atoms with Gasteiger partial charge in [-0.3, -0.25) is 0 Å². The first-order chi connectivity index (χ1) is 9.54. The van der Waals surface area contributed by atoms with Gasteiger partial charge in [0, 0.05) is 5.92 Å². The Morgan fingerprint density at radius 1 is 1.10 bits per heavy atom. The molecule has 2 atom stereocenters. The van der Waals surface area contributed by atoms with Gasteiger partial charge in [-0.15, -0.1) is 0 Å². The maximum Gasteiger partial charge on any atom is 0.508 e. The SMILES string of the molecule is CCOC(=O)OCC(C)C(C)OC(=O)c1ccccc1. The second-order valence-corrected chi connectivity index (χ2v) is 4.45. The standard InChI is InChI=1S/C15H20O5/c1-4-18-15(17)19-10-11(2)12(3)20-14(16)13-8-6-5-7-9-13/h5-9,11-12H,4,10H2,1-3H3. The molecule has 2 unspecified atom stereocenters. The molecule has 0 spiro atoms. The summed E-state index contributed by atoms with van der Waals surface area (Å²) >= 11 is 0. The van der Waals surface area contributed by atoms with E-state index in [-0.39, 0.29) is 31.2 Å². The van der Waals surface area contributed by atoms with Crippen molar-refractivity contribution in [2.75, 3.05) is 13.2 Å². The minimum Gasteiger partial charge on any atom is -0.459 e. The highest BCUT2D eigenvalue weighted by Crippen LogP contribution is 2.11.